The van der Waals surface area contributed by atoms with Crippen molar-refractivity contribution in [2.24, 2.45) is 4.99 Å². The lowest BCUT2D eigenvalue weighted by molar-refractivity contribution is -0.120. The van der Waals surface area contributed by atoms with Crippen LogP contribution in [0.4, 0.5) is 11.4 Å². The van der Waals surface area contributed by atoms with Gasteiger partial charge in [-0.3, -0.25) is 9.79 Å². The number of nitrogen functional groups attached to an aromatic ring is 1. The molecule has 0 atom stereocenters. The summed E-state index contributed by atoms with van der Waals surface area (Å²) >= 11 is 0. The predicted octanol–water partition coefficient (Wildman–Crippen LogP) is 2.73. The third kappa shape index (κ3) is 3.25. The Bertz CT molecular complexity index is 799. The van der Waals surface area contributed by atoms with E-state index in [0.717, 1.165) is 28.1 Å². The zero-order chi connectivity index (χ0) is 17.1. The van der Waals surface area contributed by atoms with Gasteiger partial charge in [-0.1, -0.05) is 12.1 Å². The number of hydrogen-bond acceptors (Lipinski definition) is 4. The molecule has 124 valence electrons. The first-order valence-electron chi connectivity index (χ1n) is 7.95. The average Bonchev–Trinajstić information content (AvgIpc) is 2.77. The van der Waals surface area contributed by atoms with Crippen LogP contribution in [0.5, 0.6) is 5.75 Å². The first kappa shape index (κ1) is 16.1. The van der Waals surface area contributed by atoms with Crippen LogP contribution >= 0.6 is 0 Å². The molecule has 0 saturated heterocycles. The van der Waals surface area contributed by atoms with Crippen molar-refractivity contribution in [3.8, 4) is 5.75 Å². The fraction of sp³-hybridized carbons (Fsp3) is 0.263. The normalized spacial score (nSPS) is 13.3. The molecule has 0 spiro atoms. The maximum Gasteiger partial charge on any atom is 0.264 e. The largest absolute Gasteiger partial charge is 0.483 e. The molecule has 3 rings (SSSR count). The minimum atomic E-state index is -0.0903. The van der Waals surface area contributed by atoms with Gasteiger partial charge in [-0.2, -0.15) is 0 Å². The van der Waals surface area contributed by atoms with Gasteiger partial charge in [0.2, 0.25) is 0 Å². The summed E-state index contributed by atoms with van der Waals surface area (Å²) in [6.07, 6.45) is 1.77. The highest BCUT2D eigenvalue weighted by molar-refractivity contribution is 6.01. The number of aryl methyl sites for hydroxylation is 1. The van der Waals surface area contributed by atoms with Crippen molar-refractivity contribution in [2.45, 2.75) is 13.8 Å². The van der Waals surface area contributed by atoms with Crippen molar-refractivity contribution in [1.29, 1.82) is 0 Å². The van der Waals surface area contributed by atoms with E-state index in [-0.39, 0.29) is 12.5 Å². The van der Waals surface area contributed by atoms with Crippen LogP contribution in [0, 0.1) is 13.8 Å². The molecule has 5 nitrogen and oxygen atoms in total. The molecule has 1 heterocycles. The van der Waals surface area contributed by atoms with Gasteiger partial charge in [0.1, 0.15) is 5.75 Å². The number of rotatable bonds is 3. The number of carbonyl (C=O) groups is 1. The molecule has 2 aromatic rings. The van der Waals surface area contributed by atoms with Gasteiger partial charge in [-0.15, -0.1) is 0 Å². The first-order chi connectivity index (χ1) is 11.6. The van der Waals surface area contributed by atoms with E-state index in [2.05, 4.69) is 4.99 Å². The van der Waals surface area contributed by atoms with E-state index in [9.17, 15) is 4.79 Å². The number of benzene rings is 2. The number of fused-ring (bicyclic) bond motifs is 1. The Hall–Kier alpha value is -2.82. The van der Waals surface area contributed by atoms with Crippen LogP contribution in [0.15, 0.2) is 41.4 Å². The molecule has 1 aliphatic rings. The summed E-state index contributed by atoms with van der Waals surface area (Å²) in [6, 6.07) is 11.3. The molecule has 1 aliphatic heterocycles. The highest BCUT2D eigenvalue weighted by atomic mass is 16.5. The number of hydrogen-bond donors (Lipinski definition) is 1. The van der Waals surface area contributed by atoms with Crippen molar-refractivity contribution in [3.05, 3.63) is 53.1 Å². The predicted molar refractivity (Wildman–Crippen MR) is 97.1 cm³/mol. The second kappa shape index (κ2) is 6.74. The highest BCUT2D eigenvalue weighted by Gasteiger charge is 2.20. The topological polar surface area (TPSA) is 67.9 Å². The van der Waals surface area contributed by atoms with E-state index in [4.69, 9.17) is 10.5 Å². The quantitative estimate of drug-likeness (QED) is 0.883. The second-order valence-electron chi connectivity index (χ2n) is 5.89. The highest BCUT2D eigenvalue weighted by Crippen LogP contribution is 2.25. The number of carbonyl (C=O) groups excluding carboxylic acids is 1. The number of benzodiazepines with no additional fused rings is 1. The Morgan fingerprint density at radius 1 is 1.29 bits per heavy atom. The standard InChI is InChI=1S/C19H21N3O2/c1-13-4-3-5-18(14(13)2)24-12-19(23)22-9-8-21-11-15-10-16(20)6-7-17(15)22/h3-7,10-11H,8-9,12,20H2,1-2H3. The Morgan fingerprint density at radius 3 is 2.96 bits per heavy atom. The molecule has 2 N–H and O–H groups in total. The minimum Gasteiger partial charge on any atom is -0.483 e. The number of aliphatic imine (C=N–C) groups is 1. The summed E-state index contributed by atoms with van der Waals surface area (Å²) in [4.78, 5) is 18.7. The minimum absolute atomic E-state index is 0.00584. The molecule has 0 radical (unpaired) electrons. The molecular weight excluding hydrogens is 302 g/mol. The molecule has 24 heavy (non-hydrogen) atoms. The zero-order valence-electron chi connectivity index (χ0n) is 14.0. The summed E-state index contributed by atoms with van der Waals surface area (Å²) in [7, 11) is 0. The third-order valence-corrected chi connectivity index (χ3v) is 4.23. The van der Waals surface area contributed by atoms with Crippen LogP contribution in [0.3, 0.4) is 0 Å². The van der Waals surface area contributed by atoms with Gasteiger partial charge >= 0.3 is 0 Å². The number of anilines is 2. The first-order valence-corrected chi connectivity index (χ1v) is 7.95. The van der Waals surface area contributed by atoms with E-state index in [1.165, 1.54) is 0 Å². The lowest BCUT2D eigenvalue weighted by atomic mass is 10.1. The molecule has 5 heteroatoms. The molecule has 0 bridgehead atoms. The molecular formula is C19H21N3O2. The molecule has 0 saturated carbocycles. The lowest BCUT2D eigenvalue weighted by Crippen LogP contribution is -2.37. The zero-order valence-corrected chi connectivity index (χ0v) is 14.0. The number of ether oxygens (including phenoxy) is 1. The maximum absolute atomic E-state index is 12.7. The van der Waals surface area contributed by atoms with Crippen molar-refractivity contribution >= 4 is 23.5 Å². The molecule has 2 aromatic carbocycles. The van der Waals surface area contributed by atoms with Crippen LogP contribution in [0.2, 0.25) is 0 Å². The van der Waals surface area contributed by atoms with E-state index in [1.54, 1.807) is 17.2 Å². The van der Waals surface area contributed by atoms with E-state index < -0.39 is 0 Å². The molecule has 1 amide bonds. The van der Waals surface area contributed by atoms with Crippen LogP contribution in [-0.2, 0) is 4.79 Å². The smallest absolute Gasteiger partial charge is 0.264 e. The Balaban J connectivity index is 1.77. The third-order valence-electron chi connectivity index (χ3n) is 4.23. The van der Waals surface area contributed by atoms with E-state index in [1.807, 2.05) is 44.2 Å². The average molecular weight is 323 g/mol. The summed E-state index contributed by atoms with van der Waals surface area (Å²) in [5.74, 6) is 0.652. The Morgan fingerprint density at radius 2 is 2.12 bits per heavy atom. The van der Waals surface area contributed by atoms with Crippen molar-refractivity contribution < 1.29 is 9.53 Å². The second-order valence-corrected chi connectivity index (χ2v) is 5.89. The lowest BCUT2D eigenvalue weighted by Gasteiger charge is -2.23. The van der Waals surface area contributed by atoms with Gasteiger partial charge in [-0.05, 0) is 49.2 Å². The fourth-order valence-electron chi connectivity index (χ4n) is 2.72. The van der Waals surface area contributed by atoms with E-state index >= 15 is 0 Å². The van der Waals surface area contributed by atoms with Crippen LogP contribution in [-0.4, -0.2) is 31.8 Å². The molecule has 0 unspecified atom stereocenters. The Kier molecular flexibility index (Phi) is 4.51. The van der Waals surface area contributed by atoms with Crippen LogP contribution in [0.25, 0.3) is 0 Å². The van der Waals surface area contributed by atoms with Crippen LogP contribution < -0.4 is 15.4 Å². The number of nitrogens with zero attached hydrogens (tertiary/aromatic N) is 2. The van der Waals surface area contributed by atoms with Gasteiger partial charge in [0.05, 0.1) is 12.2 Å². The van der Waals surface area contributed by atoms with Crippen molar-refractivity contribution in [2.75, 3.05) is 30.3 Å². The monoisotopic (exact) mass is 323 g/mol. The van der Waals surface area contributed by atoms with Gasteiger partial charge in [0, 0.05) is 24.0 Å². The van der Waals surface area contributed by atoms with Crippen LogP contribution in [0.1, 0.15) is 16.7 Å². The summed E-state index contributed by atoms with van der Waals surface area (Å²) in [5, 5.41) is 0. The SMILES string of the molecule is Cc1cccc(OCC(=O)N2CCN=Cc3cc(N)ccc32)c1C. The van der Waals surface area contributed by atoms with Crippen molar-refractivity contribution in [3.63, 3.8) is 0 Å². The number of nitrogens with two attached hydrogens (primary N) is 1. The van der Waals surface area contributed by atoms with Gasteiger partial charge < -0.3 is 15.4 Å². The van der Waals surface area contributed by atoms with Gasteiger partial charge in [0.25, 0.3) is 5.91 Å². The molecule has 0 aromatic heterocycles. The molecule has 0 fully saturated rings. The van der Waals surface area contributed by atoms with Gasteiger partial charge in [0.15, 0.2) is 6.61 Å². The number of amides is 1. The molecule has 0 aliphatic carbocycles. The van der Waals surface area contributed by atoms with Crippen molar-refractivity contribution in [1.82, 2.24) is 0 Å². The Labute approximate surface area is 141 Å². The fourth-order valence-corrected chi connectivity index (χ4v) is 2.72. The maximum atomic E-state index is 12.7. The summed E-state index contributed by atoms with van der Waals surface area (Å²) in [5.41, 5.74) is 10.4. The summed E-state index contributed by atoms with van der Waals surface area (Å²) < 4.78 is 5.76. The summed E-state index contributed by atoms with van der Waals surface area (Å²) in [6.45, 7) is 5.10. The van der Waals surface area contributed by atoms with E-state index in [0.29, 0.717) is 18.8 Å². The van der Waals surface area contributed by atoms with Gasteiger partial charge in [-0.25, -0.2) is 0 Å².